The van der Waals surface area contributed by atoms with Crippen LogP contribution in [-0.4, -0.2) is 6.61 Å². The van der Waals surface area contributed by atoms with Gasteiger partial charge in [-0.3, -0.25) is 0 Å². The van der Waals surface area contributed by atoms with Crippen molar-refractivity contribution in [2.45, 2.75) is 19.9 Å². The van der Waals surface area contributed by atoms with E-state index in [1.807, 2.05) is 48.5 Å². The van der Waals surface area contributed by atoms with Crippen molar-refractivity contribution < 1.29 is 4.74 Å². The minimum atomic E-state index is 0.667. The van der Waals surface area contributed by atoms with Crippen molar-refractivity contribution in [1.82, 2.24) is 0 Å². The lowest BCUT2D eigenvalue weighted by Gasteiger charge is -2.10. The zero-order valence-corrected chi connectivity index (χ0v) is 11.8. The Bertz CT molecular complexity index is 513. The Hall–Kier alpha value is -1.67. The third-order valence-corrected chi connectivity index (χ3v) is 3.02. The number of nitrogens with one attached hydrogen (secondary N) is 1. The van der Waals surface area contributed by atoms with E-state index in [0.717, 1.165) is 30.0 Å². The van der Waals surface area contributed by atoms with E-state index in [1.54, 1.807) is 0 Å². The van der Waals surface area contributed by atoms with Gasteiger partial charge in [-0.15, -0.1) is 0 Å². The molecule has 0 spiro atoms. The Morgan fingerprint density at radius 1 is 1.11 bits per heavy atom. The monoisotopic (exact) mass is 275 g/mol. The van der Waals surface area contributed by atoms with Gasteiger partial charge in [-0.2, -0.15) is 0 Å². The van der Waals surface area contributed by atoms with E-state index in [4.69, 9.17) is 16.3 Å². The second-order valence-corrected chi connectivity index (χ2v) is 4.74. The molecule has 0 radical (unpaired) electrons. The smallest absolute Gasteiger partial charge is 0.137 e. The topological polar surface area (TPSA) is 21.3 Å². The van der Waals surface area contributed by atoms with Gasteiger partial charge in [0.25, 0.3) is 0 Å². The van der Waals surface area contributed by atoms with Crippen molar-refractivity contribution in [3.63, 3.8) is 0 Å². The van der Waals surface area contributed by atoms with Gasteiger partial charge in [0.05, 0.1) is 11.6 Å². The third-order valence-electron chi connectivity index (χ3n) is 2.73. The van der Waals surface area contributed by atoms with E-state index in [0.29, 0.717) is 11.6 Å². The summed E-state index contributed by atoms with van der Waals surface area (Å²) in [5.41, 5.74) is 2.24. The fourth-order valence-corrected chi connectivity index (χ4v) is 2.00. The average Bonchev–Trinajstić information content (AvgIpc) is 2.45. The van der Waals surface area contributed by atoms with Crippen LogP contribution in [0.2, 0.25) is 5.02 Å². The molecule has 0 saturated heterocycles. The van der Waals surface area contributed by atoms with Crippen molar-refractivity contribution in [1.29, 1.82) is 0 Å². The number of hydrogen-bond donors (Lipinski definition) is 1. The van der Waals surface area contributed by atoms with E-state index in [1.165, 1.54) is 0 Å². The number of benzene rings is 2. The molecule has 0 saturated carbocycles. The van der Waals surface area contributed by atoms with Crippen LogP contribution in [0, 0.1) is 0 Å². The van der Waals surface area contributed by atoms with Gasteiger partial charge in [0.1, 0.15) is 5.75 Å². The first-order chi connectivity index (χ1) is 9.29. The standard InChI is InChI=1S/C16H18ClNO/c1-2-10-19-16-9-8-13(11-15(16)17)12-18-14-6-4-3-5-7-14/h3-9,11,18H,2,10,12H2,1H3. The lowest BCUT2D eigenvalue weighted by atomic mass is 10.2. The summed E-state index contributed by atoms with van der Waals surface area (Å²) in [6.07, 6.45) is 0.980. The quantitative estimate of drug-likeness (QED) is 0.822. The first-order valence-corrected chi connectivity index (χ1v) is 6.87. The molecule has 19 heavy (non-hydrogen) atoms. The largest absolute Gasteiger partial charge is 0.492 e. The zero-order chi connectivity index (χ0) is 13.5. The normalized spacial score (nSPS) is 10.2. The van der Waals surface area contributed by atoms with Gasteiger partial charge < -0.3 is 10.1 Å². The molecule has 0 aliphatic heterocycles. The van der Waals surface area contributed by atoms with Crippen LogP contribution in [0.4, 0.5) is 5.69 Å². The minimum Gasteiger partial charge on any atom is -0.492 e. The van der Waals surface area contributed by atoms with Crippen LogP contribution in [0.15, 0.2) is 48.5 Å². The summed E-state index contributed by atoms with van der Waals surface area (Å²) in [7, 11) is 0. The van der Waals surface area contributed by atoms with Crippen molar-refractivity contribution in [2.75, 3.05) is 11.9 Å². The summed E-state index contributed by atoms with van der Waals surface area (Å²) in [5, 5.41) is 4.02. The summed E-state index contributed by atoms with van der Waals surface area (Å²) >= 11 is 6.19. The lowest BCUT2D eigenvalue weighted by Crippen LogP contribution is -2.00. The molecule has 1 N–H and O–H groups in total. The number of ether oxygens (including phenoxy) is 1. The Labute approximate surface area is 119 Å². The molecule has 2 aromatic carbocycles. The highest BCUT2D eigenvalue weighted by molar-refractivity contribution is 6.32. The molecule has 0 amide bonds. The van der Waals surface area contributed by atoms with Crippen LogP contribution in [0.1, 0.15) is 18.9 Å². The number of halogens is 1. The Morgan fingerprint density at radius 2 is 1.89 bits per heavy atom. The molecule has 0 unspecified atom stereocenters. The van der Waals surface area contributed by atoms with Crippen LogP contribution in [0.25, 0.3) is 0 Å². The molecule has 100 valence electrons. The number of anilines is 1. The van der Waals surface area contributed by atoms with Crippen LogP contribution in [-0.2, 0) is 6.54 Å². The van der Waals surface area contributed by atoms with Gasteiger partial charge in [0, 0.05) is 12.2 Å². The van der Waals surface area contributed by atoms with Gasteiger partial charge in [-0.05, 0) is 36.2 Å². The highest BCUT2D eigenvalue weighted by Gasteiger charge is 2.02. The van der Waals surface area contributed by atoms with Gasteiger partial charge in [-0.1, -0.05) is 42.8 Å². The zero-order valence-electron chi connectivity index (χ0n) is 11.0. The predicted molar refractivity (Wildman–Crippen MR) is 81.0 cm³/mol. The third kappa shape index (κ3) is 4.18. The molecule has 0 heterocycles. The van der Waals surface area contributed by atoms with Crippen LogP contribution >= 0.6 is 11.6 Å². The molecule has 2 aromatic rings. The molecule has 3 heteroatoms. The van der Waals surface area contributed by atoms with Crippen LogP contribution in [0.5, 0.6) is 5.75 Å². The summed E-state index contributed by atoms with van der Waals surface area (Å²) in [6.45, 7) is 3.52. The second kappa shape index (κ2) is 7.05. The Morgan fingerprint density at radius 3 is 2.58 bits per heavy atom. The van der Waals surface area contributed by atoms with E-state index in [2.05, 4.69) is 12.2 Å². The Kier molecular flexibility index (Phi) is 5.10. The molecule has 0 aliphatic carbocycles. The maximum Gasteiger partial charge on any atom is 0.137 e. The summed E-state index contributed by atoms with van der Waals surface area (Å²) in [5.74, 6) is 0.756. The number of hydrogen-bond acceptors (Lipinski definition) is 2. The van der Waals surface area contributed by atoms with Crippen molar-refractivity contribution in [2.24, 2.45) is 0 Å². The van der Waals surface area contributed by atoms with Crippen molar-refractivity contribution in [3.8, 4) is 5.75 Å². The number of para-hydroxylation sites is 1. The predicted octanol–water partition coefficient (Wildman–Crippen LogP) is 4.74. The van der Waals surface area contributed by atoms with Crippen molar-refractivity contribution >= 4 is 17.3 Å². The summed E-state index contributed by atoms with van der Waals surface area (Å²) in [6, 6.07) is 16.0. The first kappa shape index (κ1) is 13.8. The van der Waals surface area contributed by atoms with E-state index in [-0.39, 0.29) is 0 Å². The summed E-state index contributed by atoms with van der Waals surface area (Å²) in [4.78, 5) is 0. The van der Waals surface area contributed by atoms with Crippen LogP contribution < -0.4 is 10.1 Å². The minimum absolute atomic E-state index is 0.667. The first-order valence-electron chi connectivity index (χ1n) is 6.49. The van der Waals surface area contributed by atoms with Gasteiger partial charge in [0.15, 0.2) is 0 Å². The highest BCUT2D eigenvalue weighted by atomic mass is 35.5. The maximum atomic E-state index is 6.19. The molecule has 2 rings (SSSR count). The maximum absolute atomic E-state index is 6.19. The fourth-order valence-electron chi connectivity index (χ4n) is 1.74. The SMILES string of the molecule is CCCOc1ccc(CNc2ccccc2)cc1Cl. The number of rotatable bonds is 6. The van der Waals surface area contributed by atoms with Gasteiger partial charge in [0.2, 0.25) is 0 Å². The fraction of sp³-hybridized carbons (Fsp3) is 0.250. The molecule has 0 aromatic heterocycles. The Balaban J connectivity index is 1.96. The van der Waals surface area contributed by atoms with Crippen molar-refractivity contribution in [3.05, 3.63) is 59.1 Å². The highest BCUT2D eigenvalue weighted by Crippen LogP contribution is 2.26. The molecule has 0 atom stereocenters. The molecule has 0 aliphatic rings. The lowest BCUT2D eigenvalue weighted by molar-refractivity contribution is 0.317. The molecule has 0 fully saturated rings. The second-order valence-electron chi connectivity index (χ2n) is 4.33. The molecular weight excluding hydrogens is 258 g/mol. The van der Waals surface area contributed by atoms with Gasteiger partial charge in [-0.25, -0.2) is 0 Å². The molecular formula is C16H18ClNO. The van der Waals surface area contributed by atoms with Gasteiger partial charge >= 0.3 is 0 Å². The van der Waals surface area contributed by atoms with E-state index in [9.17, 15) is 0 Å². The van der Waals surface area contributed by atoms with E-state index >= 15 is 0 Å². The molecule has 2 nitrogen and oxygen atoms in total. The van der Waals surface area contributed by atoms with E-state index < -0.39 is 0 Å². The molecule has 0 bridgehead atoms. The summed E-state index contributed by atoms with van der Waals surface area (Å²) < 4.78 is 5.55. The average molecular weight is 276 g/mol. The van der Waals surface area contributed by atoms with Crippen LogP contribution in [0.3, 0.4) is 0 Å².